The maximum absolute atomic E-state index is 12.2. The Bertz CT molecular complexity index is 531. The number of nitrogens with one attached hydrogen (secondary N) is 2. The van der Waals surface area contributed by atoms with Crippen molar-refractivity contribution in [3.63, 3.8) is 0 Å². The van der Waals surface area contributed by atoms with Crippen LogP contribution in [0.4, 0.5) is 0 Å². The van der Waals surface area contributed by atoms with Crippen molar-refractivity contribution < 1.29 is 8.42 Å². The fraction of sp³-hybridized carbons (Fsp3) is 0.571. The minimum absolute atomic E-state index is 0.431. The number of fused-ring (bicyclic) bond motifs is 1. The molecule has 0 saturated heterocycles. The molecular weight excluding hydrogens is 274 g/mol. The number of rotatable bonds is 7. The summed E-state index contributed by atoms with van der Waals surface area (Å²) in [7, 11) is -3.37. The van der Waals surface area contributed by atoms with Crippen LogP contribution in [0.5, 0.6) is 0 Å². The predicted octanol–water partition coefficient (Wildman–Crippen LogP) is 0.879. The zero-order valence-corrected chi connectivity index (χ0v) is 12.7. The Balaban J connectivity index is 1.88. The maximum Gasteiger partial charge on any atom is 0.279 e. The molecule has 0 aliphatic carbocycles. The molecule has 0 atom stereocenters. The topological polar surface area (TPSA) is 61.4 Å². The molecule has 1 aliphatic heterocycles. The molecule has 1 aliphatic rings. The molecule has 0 radical (unpaired) electrons. The summed E-state index contributed by atoms with van der Waals surface area (Å²) in [5, 5.41) is 3.18. The first-order valence-electron chi connectivity index (χ1n) is 7.15. The first kappa shape index (κ1) is 15.4. The van der Waals surface area contributed by atoms with Crippen LogP contribution in [0.3, 0.4) is 0 Å². The molecule has 0 spiro atoms. The zero-order chi connectivity index (χ0) is 14.4. The minimum Gasteiger partial charge on any atom is -0.315 e. The fourth-order valence-electron chi connectivity index (χ4n) is 2.34. The summed E-state index contributed by atoms with van der Waals surface area (Å²) in [6.07, 6.45) is 1.83. The Morgan fingerprint density at radius 3 is 2.65 bits per heavy atom. The quantitative estimate of drug-likeness (QED) is 0.735. The molecule has 5 nitrogen and oxygen atoms in total. The van der Waals surface area contributed by atoms with E-state index < -0.39 is 10.2 Å². The summed E-state index contributed by atoms with van der Waals surface area (Å²) < 4.78 is 28.6. The molecule has 0 amide bonds. The fourth-order valence-corrected chi connectivity index (χ4v) is 3.52. The highest BCUT2D eigenvalue weighted by atomic mass is 32.2. The second kappa shape index (κ2) is 7.17. The van der Waals surface area contributed by atoms with Gasteiger partial charge in [-0.25, -0.2) is 4.72 Å². The molecule has 1 aromatic rings. The van der Waals surface area contributed by atoms with E-state index in [-0.39, 0.29) is 0 Å². The first-order valence-corrected chi connectivity index (χ1v) is 8.59. The van der Waals surface area contributed by atoms with Gasteiger partial charge in [0, 0.05) is 26.2 Å². The molecule has 0 saturated carbocycles. The van der Waals surface area contributed by atoms with Gasteiger partial charge in [0.1, 0.15) is 0 Å². The number of hydrogen-bond acceptors (Lipinski definition) is 3. The van der Waals surface area contributed by atoms with Gasteiger partial charge in [-0.05, 0) is 30.5 Å². The molecule has 0 unspecified atom stereocenters. The third-order valence-electron chi connectivity index (χ3n) is 3.45. The average molecular weight is 297 g/mol. The van der Waals surface area contributed by atoms with Crippen molar-refractivity contribution in [3.05, 3.63) is 35.4 Å². The van der Waals surface area contributed by atoms with E-state index in [1.165, 1.54) is 9.87 Å². The summed E-state index contributed by atoms with van der Waals surface area (Å²) in [6, 6.07) is 8.03. The van der Waals surface area contributed by atoms with Gasteiger partial charge in [0.05, 0.1) is 0 Å². The highest BCUT2D eigenvalue weighted by Gasteiger charge is 2.25. The second-order valence-electron chi connectivity index (χ2n) is 5.00. The molecule has 112 valence electrons. The molecule has 1 heterocycles. The van der Waals surface area contributed by atoms with E-state index in [0.717, 1.165) is 24.9 Å². The van der Waals surface area contributed by atoms with Crippen LogP contribution in [0.15, 0.2) is 24.3 Å². The van der Waals surface area contributed by atoms with Crippen molar-refractivity contribution in [2.75, 3.05) is 26.2 Å². The Hall–Kier alpha value is -0.950. The van der Waals surface area contributed by atoms with Crippen molar-refractivity contribution in [1.82, 2.24) is 14.3 Å². The second-order valence-corrected chi connectivity index (χ2v) is 6.76. The van der Waals surface area contributed by atoms with Crippen LogP contribution in [-0.2, 0) is 23.2 Å². The van der Waals surface area contributed by atoms with Gasteiger partial charge in [-0.3, -0.25) is 0 Å². The Morgan fingerprint density at radius 1 is 1.15 bits per heavy atom. The molecule has 0 fully saturated rings. The van der Waals surface area contributed by atoms with Gasteiger partial charge in [-0.2, -0.15) is 12.7 Å². The van der Waals surface area contributed by atoms with Crippen molar-refractivity contribution in [1.29, 1.82) is 0 Å². The number of hydrogen-bond donors (Lipinski definition) is 2. The third kappa shape index (κ3) is 4.02. The molecule has 20 heavy (non-hydrogen) atoms. The van der Waals surface area contributed by atoms with Gasteiger partial charge in [0.15, 0.2) is 0 Å². The van der Waals surface area contributed by atoms with Crippen LogP contribution in [0.25, 0.3) is 0 Å². The van der Waals surface area contributed by atoms with E-state index in [1.54, 1.807) is 0 Å². The maximum atomic E-state index is 12.2. The van der Waals surface area contributed by atoms with Gasteiger partial charge in [0.2, 0.25) is 0 Å². The predicted molar refractivity (Wildman–Crippen MR) is 80.6 cm³/mol. The molecule has 6 heteroatoms. The number of nitrogens with zero attached hydrogens (tertiary/aromatic N) is 1. The molecule has 2 rings (SSSR count). The molecule has 2 N–H and O–H groups in total. The highest BCUT2D eigenvalue weighted by molar-refractivity contribution is 7.87. The SMILES string of the molecule is CCCNCCNS(=O)(=O)N1CCc2ccccc2C1. The smallest absolute Gasteiger partial charge is 0.279 e. The lowest BCUT2D eigenvalue weighted by Gasteiger charge is -2.28. The third-order valence-corrected chi connectivity index (χ3v) is 5.01. The van der Waals surface area contributed by atoms with E-state index in [4.69, 9.17) is 0 Å². The van der Waals surface area contributed by atoms with E-state index in [2.05, 4.69) is 23.0 Å². The van der Waals surface area contributed by atoms with E-state index in [1.807, 2.05) is 18.2 Å². The largest absolute Gasteiger partial charge is 0.315 e. The minimum atomic E-state index is -3.37. The Morgan fingerprint density at radius 2 is 1.90 bits per heavy atom. The van der Waals surface area contributed by atoms with Crippen LogP contribution >= 0.6 is 0 Å². The van der Waals surface area contributed by atoms with E-state index in [0.29, 0.717) is 26.2 Å². The Labute approximate surface area is 121 Å². The first-order chi connectivity index (χ1) is 9.63. The van der Waals surface area contributed by atoms with Crippen LogP contribution in [0.2, 0.25) is 0 Å². The summed E-state index contributed by atoms with van der Waals surface area (Å²) >= 11 is 0. The van der Waals surface area contributed by atoms with Crippen LogP contribution in [-0.4, -0.2) is 38.9 Å². The van der Waals surface area contributed by atoms with Crippen molar-refractivity contribution in [3.8, 4) is 0 Å². The molecule has 0 bridgehead atoms. The van der Waals surface area contributed by atoms with E-state index in [9.17, 15) is 8.42 Å². The standard InChI is InChI=1S/C14H23N3O2S/c1-2-8-15-9-10-16-20(18,19)17-11-7-13-5-3-4-6-14(13)12-17/h3-6,15-16H,2,7-12H2,1H3. The van der Waals surface area contributed by atoms with Crippen LogP contribution in [0.1, 0.15) is 24.5 Å². The molecular formula is C14H23N3O2S. The monoisotopic (exact) mass is 297 g/mol. The number of benzene rings is 1. The van der Waals surface area contributed by atoms with Gasteiger partial charge in [-0.15, -0.1) is 0 Å². The summed E-state index contributed by atoms with van der Waals surface area (Å²) in [5.41, 5.74) is 2.36. The zero-order valence-electron chi connectivity index (χ0n) is 11.9. The lowest BCUT2D eigenvalue weighted by molar-refractivity contribution is 0.384. The van der Waals surface area contributed by atoms with Crippen LogP contribution in [0, 0.1) is 0 Å². The Kier molecular flexibility index (Phi) is 5.54. The van der Waals surface area contributed by atoms with Gasteiger partial charge in [0.25, 0.3) is 10.2 Å². The molecule has 1 aromatic carbocycles. The van der Waals surface area contributed by atoms with Crippen molar-refractivity contribution >= 4 is 10.2 Å². The lowest BCUT2D eigenvalue weighted by atomic mass is 10.0. The van der Waals surface area contributed by atoms with Crippen molar-refractivity contribution in [2.45, 2.75) is 26.3 Å². The van der Waals surface area contributed by atoms with Gasteiger partial charge < -0.3 is 5.32 Å². The van der Waals surface area contributed by atoms with Gasteiger partial charge >= 0.3 is 0 Å². The van der Waals surface area contributed by atoms with Gasteiger partial charge in [-0.1, -0.05) is 31.2 Å². The summed E-state index contributed by atoms with van der Waals surface area (Å²) in [6.45, 7) is 5.11. The van der Waals surface area contributed by atoms with Crippen molar-refractivity contribution in [2.24, 2.45) is 0 Å². The van der Waals surface area contributed by atoms with Crippen LogP contribution < -0.4 is 10.0 Å². The normalized spacial score (nSPS) is 16.1. The summed E-state index contributed by atoms with van der Waals surface area (Å²) in [4.78, 5) is 0. The van der Waals surface area contributed by atoms with E-state index >= 15 is 0 Å². The highest BCUT2D eigenvalue weighted by Crippen LogP contribution is 2.19. The lowest BCUT2D eigenvalue weighted by Crippen LogP contribution is -2.45. The molecule has 0 aromatic heterocycles. The summed E-state index contributed by atoms with van der Waals surface area (Å²) in [5.74, 6) is 0. The average Bonchev–Trinajstić information content (AvgIpc) is 2.46.